The van der Waals surface area contributed by atoms with E-state index in [0.717, 1.165) is 12.8 Å². The Bertz CT molecular complexity index is 578. The smallest absolute Gasteiger partial charge is 0.251 e. The average Bonchev–Trinajstić information content (AvgIpc) is 2.52. The van der Waals surface area contributed by atoms with Crippen LogP contribution >= 0.6 is 0 Å². The molecule has 0 unspecified atom stereocenters. The molecule has 1 N–H and O–H groups in total. The van der Waals surface area contributed by atoms with E-state index in [1.807, 2.05) is 0 Å². The zero-order valence-corrected chi connectivity index (χ0v) is 13.2. The summed E-state index contributed by atoms with van der Waals surface area (Å²) >= 11 is 0. The summed E-state index contributed by atoms with van der Waals surface area (Å²) < 4.78 is 24.7. The van der Waals surface area contributed by atoms with Crippen molar-refractivity contribution in [2.75, 3.05) is 20.3 Å². The van der Waals surface area contributed by atoms with Gasteiger partial charge in [-0.2, -0.15) is 0 Å². The number of hydrogen-bond acceptors (Lipinski definition) is 3. The maximum Gasteiger partial charge on any atom is 0.251 e. The Morgan fingerprint density at radius 3 is 2.68 bits per heavy atom. The summed E-state index contributed by atoms with van der Waals surface area (Å²) in [6.45, 7) is 4.77. The molecule has 1 amide bonds. The molecule has 120 valence electrons. The van der Waals surface area contributed by atoms with Gasteiger partial charge < -0.3 is 14.8 Å². The Balaban J connectivity index is 2.26. The lowest BCUT2D eigenvalue weighted by Crippen LogP contribution is -2.39. The molecule has 0 saturated carbocycles. The molecule has 0 atom stereocenters. The fourth-order valence-electron chi connectivity index (χ4n) is 2.71. The largest absolute Gasteiger partial charge is 0.496 e. The first kappa shape index (κ1) is 16.5. The minimum atomic E-state index is -0.423. The van der Waals surface area contributed by atoms with E-state index < -0.39 is 5.82 Å². The Morgan fingerprint density at radius 2 is 2.09 bits per heavy atom. The predicted molar refractivity (Wildman–Crippen MR) is 83.3 cm³/mol. The van der Waals surface area contributed by atoms with Crippen LogP contribution in [0.1, 0.15) is 30.9 Å². The minimum absolute atomic E-state index is 0.0742. The molecule has 0 bridgehead atoms. The van der Waals surface area contributed by atoms with Crippen molar-refractivity contribution >= 4 is 11.5 Å². The van der Waals surface area contributed by atoms with Crippen molar-refractivity contribution < 1.29 is 18.7 Å². The summed E-state index contributed by atoms with van der Waals surface area (Å²) in [7, 11) is 1.53. The molecule has 1 fully saturated rings. The number of benzene rings is 1. The number of rotatable bonds is 4. The average molecular weight is 307 g/mol. The fourth-order valence-corrected chi connectivity index (χ4v) is 2.71. The third-order valence-electron chi connectivity index (χ3n) is 3.94. The molecule has 0 aliphatic carbocycles. The van der Waals surface area contributed by atoms with Crippen molar-refractivity contribution in [3.05, 3.63) is 35.2 Å². The highest BCUT2D eigenvalue weighted by Gasteiger charge is 2.23. The second-order valence-corrected chi connectivity index (χ2v) is 5.31. The van der Waals surface area contributed by atoms with E-state index in [-0.39, 0.29) is 11.9 Å². The molecule has 1 aromatic rings. The van der Waals surface area contributed by atoms with Crippen LogP contribution < -0.4 is 10.1 Å². The van der Waals surface area contributed by atoms with Gasteiger partial charge in [0.05, 0.1) is 7.11 Å². The number of allylic oxidation sites excluding steroid dienone is 1. The van der Waals surface area contributed by atoms with Gasteiger partial charge in [0.2, 0.25) is 0 Å². The quantitative estimate of drug-likeness (QED) is 0.870. The van der Waals surface area contributed by atoms with Crippen LogP contribution in [0.2, 0.25) is 0 Å². The van der Waals surface area contributed by atoms with E-state index in [2.05, 4.69) is 5.32 Å². The zero-order chi connectivity index (χ0) is 16.1. The maximum absolute atomic E-state index is 14.2. The molecular weight excluding hydrogens is 285 g/mol. The highest BCUT2D eigenvalue weighted by molar-refractivity contribution is 6.20. The van der Waals surface area contributed by atoms with Crippen LogP contribution in [0.25, 0.3) is 5.57 Å². The molecule has 1 saturated heterocycles. The Morgan fingerprint density at radius 1 is 1.41 bits per heavy atom. The summed E-state index contributed by atoms with van der Waals surface area (Å²) in [5, 5.41) is 2.97. The molecule has 2 rings (SSSR count). The number of nitrogens with one attached hydrogen (secondary N) is 1. The van der Waals surface area contributed by atoms with Gasteiger partial charge in [0.15, 0.2) is 0 Å². The second kappa shape index (κ2) is 7.40. The summed E-state index contributed by atoms with van der Waals surface area (Å²) in [6, 6.07) is 2.97. The van der Waals surface area contributed by atoms with Crippen LogP contribution in [-0.2, 0) is 9.53 Å². The van der Waals surface area contributed by atoms with Gasteiger partial charge in [-0.15, -0.1) is 0 Å². The summed E-state index contributed by atoms with van der Waals surface area (Å²) in [5.74, 6) is -0.118. The SMILES string of the molecule is C/C=C(/C(=O)NC1CCOCC1)c1c(F)ccc(OC)c1C. The van der Waals surface area contributed by atoms with Crippen LogP contribution in [0.4, 0.5) is 4.39 Å². The summed E-state index contributed by atoms with van der Waals surface area (Å²) in [4.78, 5) is 12.5. The molecule has 4 nitrogen and oxygen atoms in total. The molecule has 22 heavy (non-hydrogen) atoms. The van der Waals surface area contributed by atoms with E-state index in [9.17, 15) is 9.18 Å². The standard InChI is InChI=1S/C17H22FNO3/c1-4-13(17(20)19-12-7-9-22-10-8-12)16-11(2)15(21-3)6-5-14(16)18/h4-6,12H,7-10H2,1-3H3,(H,19,20)/b13-4+. The molecule has 0 radical (unpaired) electrons. The molecular formula is C17H22FNO3. The maximum atomic E-state index is 14.2. The first-order valence-electron chi connectivity index (χ1n) is 7.46. The predicted octanol–water partition coefficient (Wildman–Crippen LogP) is 2.84. The van der Waals surface area contributed by atoms with Gasteiger partial charge in [0.1, 0.15) is 11.6 Å². The van der Waals surface area contributed by atoms with Gasteiger partial charge in [-0.05, 0) is 38.8 Å². The lowest BCUT2D eigenvalue weighted by Gasteiger charge is -2.24. The van der Waals surface area contributed by atoms with Gasteiger partial charge in [0.25, 0.3) is 5.91 Å². The first-order chi connectivity index (χ1) is 10.6. The van der Waals surface area contributed by atoms with Crippen molar-refractivity contribution in [2.24, 2.45) is 0 Å². The van der Waals surface area contributed by atoms with E-state index in [1.165, 1.54) is 13.2 Å². The Labute approximate surface area is 130 Å². The molecule has 5 heteroatoms. The van der Waals surface area contributed by atoms with Crippen molar-refractivity contribution in [3.63, 3.8) is 0 Å². The highest BCUT2D eigenvalue weighted by atomic mass is 19.1. The number of methoxy groups -OCH3 is 1. The third-order valence-corrected chi connectivity index (χ3v) is 3.94. The van der Waals surface area contributed by atoms with Crippen LogP contribution in [0.5, 0.6) is 5.75 Å². The molecule has 1 aliphatic rings. The Kier molecular flexibility index (Phi) is 5.55. The van der Waals surface area contributed by atoms with E-state index >= 15 is 0 Å². The topological polar surface area (TPSA) is 47.6 Å². The number of ether oxygens (including phenoxy) is 2. The number of carbonyl (C=O) groups excluding carboxylic acids is 1. The van der Waals surface area contributed by atoms with Crippen molar-refractivity contribution in [1.29, 1.82) is 0 Å². The van der Waals surface area contributed by atoms with Crippen molar-refractivity contribution in [1.82, 2.24) is 5.32 Å². The number of amides is 1. The number of halogens is 1. The van der Waals surface area contributed by atoms with Gasteiger partial charge in [-0.1, -0.05) is 6.08 Å². The minimum Gasteiger partial charge on any atom is -0.496 e. The van der Waals surface area contributed by atoms with Crippen LogP contribution in [0, 0.1) is 12.7 Å². The highest BCUT2D eigenvalue weighted by Crippen LogP contribution is 2.29. The van der Waals surface area contributed by atoms with Gasteiger partial charge in [-0.3, -0.25) is 4.79 Å². The second-order valence-electron chi connectivity index (χ2n) is 5.31. The van der Waals surface area contributed by atoms with Gasteiger partial charge >= 0.3 is 0 Å². The summed E-state index contributed by atoms with van der Waals surface area (Å²) in [5.41, 5.74) is 1.25. The van der Waals surface area contributed by atoms with Gasteiger partial charge in [-0.25, -0.2) is 4.39 Å². The number of carbonyl (C=O) groups is 1. The molecule has 0 spiro atoms. The molecule has 1 aliphatic heterocycles. The lowest BCUT2D eigenvalue weighted by atomic mass is 9.97. The van der Waals surface area contributed by atoms with E-state index in [0.29, 0.717) is 35.7 Å². The summed E-state index contributed by atoms with van der Waals surface area (Å²) in [6.07, 6.45) is 3.20. The van der Waals surface area contributed by atoms with Crippen molar-refractivity contribution in [2.45, 2.75) is 32.7 Å². The first-order valence-corrected chi connectivity index (χ1v) is 7.46. The molecule has 1 aromatic carbocycles. The zero-order valence-electron chi connectivity index (χ0n) is 13.2. The van der Waals surface area contributed by atoms with E-state index in [4.69, 9.17) is 9.47 Å². The lowest BCUT2D eigenvalue weighted by molar-refractivity contribution is -0.116. The van der Waals surface area contributed by atoms with Crippen LogP contribution in [0.15, 0.2) is 18.2 Å². The Hall–Kier alpha value is -1.88. The normalized spacial score (nSPS) is 16.5. The van der Waals surface area contributed by atoms with Crippen molar-refractivity contribution in [3.8, 4) is 5.75 Å². The number of hydrogen-bond donors (Lipinski definition) is 1. The molecule has 1 heterocycles. The van der Waals surface area contributed by atoms with Crippen LogP contribution in [0.3, 0.4) is 0 Å². The van der Waals surface area contributed by atoms with Gasteiger partial charge in [0, 0.05) is 36.0 Å². The van der Waals surface area contributed by atoms with E-state index in [1.54, 1.807) is 26.0 Å². The fraction of sp³-hybridized carbons (Fsp3) is 0.471. The third kappa shape index (κ3) is 3.47. The monoisotopic (exact) mass is 307 g/mol. The molecule has 0 aromatic heterocycles. The van der Waals surface area contributed by atoms with Crippen LogP contribution in [-0.4, -0.2) is 32.3 Å².